The molecule has 116 valence electrons. The first kappa shape index (κ1) is 14.8. The van der Waals surface area contributed by atoms with Gasteiger partial charge in [0.2, 0.25) is 0 Å². The third kappa shape index (κ3) is 3.39. The van der Waals surface area contributed by atoms with E-state index in [1.54, 1.807) is 0 Å². The molecule has 1 atom stereocenters. The Balaban J connectivity index is 1.54. The van der Waals surface area contributed by atoms with Crippen LogP contribution in [-0.4, -0.2) is 37.1 Å². The summed E-state index contributed by atoms with van der Waals surface area (Å²) < 4.78 is 0. The second kappa shape index (κ2) is 6.79. The molecule has 20 heavy (non-hydrogen) atoms. The molecule has 1 N–H and O–H groups in total. The standard InChI is InChI=1S/C18H34N2/c1-2-18(10-6-7-11-18)15-20-13-12-19-17(14-20)16-8-4-3-5-9-16/h16-17,19H,2-15H2,1H3. The highest BCUT2D eigenvalue weighted by Crippen LogP contribution is 2.41. The number of nitrogens with one attached hydrogen (secondary N) is 1. The summed E-state index contributed by atoms with van der Waals surface area (Å²) in [7, 11) is 0. The van der Waals surface area contributed by atoms with Gasteiger partial charge < -0.3 is 5.32 Å². The molecule has 0 aromatic rings. The number of nitrogens with zero attached hydrogens (tertiary/aromatic N) is 1. The zero-order valence-electron chi connectivity index (χ0n) is 13.5. The van der Waals surface area contributed by atoms with Gasteiger partial charge >= 0.3 is 0 Å². The van der Waals surface area contributed by atoms with Crippen molar-refractivity contribution >= 4 is 0 Å². The van der Waals surface area contributed by atoms with E-state index in [9.17, 15) is 0 Å². The molecule has 3 aliphatic rings. The maximum absolute atomic E-state index is 3.83. The molecule has 0 aromatic carbocycles. The van der Waals surface area contributed by atoms with E-state index in [0.29, 0.717) is 5.41 Å². The van der Waals surface area contributed by atoms with E-state index in [1.807, 2.05) is 0 Å². The Kier molecular flexibility index (Phi) is 5.04. The lowest BCUT2D eigenvalue weighted by molar-refractivity contribution is 0.0928. The van der Waals surface area contributed by atoms with E-state index >= 15 is 0 Å². The molecular formula is C18H34N2. The molecule has 2 heteroatoms. The van der Waals surface area contributed by atoms with Crippen LogP contribution >= 0.6 is 0 Å². The number of hydrogen-bond donors (Lipinski definition) is 1. The molecule has 0 amide bonds. The molecule has 1 saturated heterocycles. The zero-order chi connectivity index (χ0) is 13.8. The first-order valence-corrected chi connectivity index (χ1v) is 9.27. The monoisotopic (exact) mass is 278 g/mol. The third-order valence-electron chi connectivity index (χ3n) is 6.48. The fourth-order valence-electron chi connectivity index (χ4n) is 5.06. The predicted octanol–water partition coefficient (Wildman–Crippen LogP) is 3.81. The van der Waals surface area contributed by atoms with Gasteiger partial charge in [0.25, 0.3) is 0 Å². The Morgan fingerprint density at radius 1 is 1.05 bits per heavy atom. The Labute approximate surface area is 125 Å². The summed E-state index contributed by atoms with van der Waals surface area (Å²) in [6, 6.07) is 0.791. The van der Waals surface area contributed by atoms with Crippen molar-refractivity contribution in [3.63, 3.8) is 0 Å². The molecule has 1 unspecified atom stereocenters. The minimum Gasteiger partial charge on any atom is -0.311 e. The molecule has 2 aliphatic carbocycles. The average Bonchev–Trinajstić information content (AvgIpc) is 2.97. The maximum atomic E-state index is 3.83. The highest BCUT2D eigenvalue weighted by atomic mass is 15.2. The Hall–Kier alpha value is -0.0800. The lowest BCUT2D eigenvalue weighted by atomic mass is 9.81. The molecule has 0 bridgehead atoms. The lowest BCUT2D eigenvalue weighted by Crippen LogP contribution is -2.55. The van der Waals surface area contributed by atoms with Gasteiger partial charge in [0.1, 0.15) is 0 Å². The van der Waals surface area contributed by atoms with Crippen LogP contribution in [0.1, 0.15) is 71.1 Å². The molecule has 2 saturated carbocycles. The molecule has 0 aromatic heterocycles. The summed E-state index contributed by atoms with van der Waals surface area (Å²) in [5.74, 6) is 0.965. The minimum atomic E-state index is 0.675. The van der Waals surface area contributed by atoms with Gasteiger partial charge in [0.15, 0.2) is 0 Å². The van der Waals surface area contributed by atoms with Gasteiger partial charge in [0.05, 0.1) is 0 Å². The quantitative estimate of drug-likeness (QED) is 0.841. The molecule has 0 spiro atoms. The Bertz CT molecular complexity index is 290. The largest absolute Gasteiger partial charge is 0.311 e. The van der Waals surface area contributed by atoms with Crippen LogP contribution in [0.3, 0.4) is 0 Å². The van der Waals surface area contributed by atoms with E-state index in [-0.39, 0.29) is 0 Å². The Morgan fingerprint density at radius 2 is 1.80 bits per heavy atom. The number of piperazine rings is 1. The maximum Gasteiger partial charge on any atom is 0.0223 e. The fraction of sp³-hybridized carbons (Fsp3) is 1.00. The van der Waals surface area contributed by atoms with E-state index in [4.69, 9.17) is 0 Å². The van der Waals surface area contributed by atoms with Crippen molar-refractivity contribution in [2.75, 3.05) is 26.2 Å². The second-order valence-electron chi connectivity index (χ2n) is 7.75. The summed E-state index contributed by atoms with van der Waals surface area (Å²) in [5, 5.41) is 3.83. The lowest BCUT2D eigenvalue weighted by Gasteiger charge is -2.42. The van der Waals surface area contributed by atoms with Crippen LogP contribution in [0.15, 0.2) is 0 Å². The average molecular weight is 278 g/mol. The van der Waals surface area contributed by atoms with Crippen LogP contribution in [0.2, 0.25) is 0 Å². The molecule has 3 rings (SSSR count). The van der Waals surface area contributed by atoms with Gasteiger partial charge in [-0.05, 0) is 43.4 Å². The summed E-state index contributed by atoms with van der Waals surface area (Å²) in [6.07, 6.45) is 14.7. The minimum absolute atomic E-state index is 0.675. The SMILES string of the molecule is CCC1(CN2CCNC(C3CCCCC3)C2)CCCC1. The molecule has 2 nitrogen and oxygen atoms in total. The Morgan fingerprint density at radius 3 is 2.50 bits per heavy atom. The number of hydrogen-bond acceptors (Lipinski definition) is 2. The van der Waals surface area contributed by atoms with Gasteiger partial charge in [-0.2, -0.15) is 0 Å². The molecule has 1 aliphatic heterocycles. The van der Waals surface area contributed by atoms with Gasteiger partial charge in [0, 0.05) is 32.2 Å². The third-order valence-corrected chi connectivity index (χ3v) is 6.48. The topological polar surface area (TPSA) is 15.3 Å². The van der Waals surface area contributed by atoms with Crippen LogP contribution < -0.4 is 5.32 Å². The van der Waals surface area contributed by atoms with Crippen LogP contribution in [0.5, 0.6) is 0 Å². The van der Waals surface area contributed by atoms with Crippen LogP contribution in [0.4, 0.5) is 0 Å². The summed E-state index contributed by atoms with van der Waals surface area (Å²) in [5.41, 5.74) is 0.675. The first-order chi connectivity index (χ1) is 9.81. The molecule has 3 fully saturated rings. The van der Waals surface area contributed by atoms with Crippen LogP contribution in [0.25, 0.3) is 0 Å². The summed E-state index contributed by atoms with van der Waals surface area (Å²) in [6.45, 7) is 7.64. The smallest absolute Gasteiger partial charge is 0.0223 e. The summed E-state index contributed by atoms with van der Waals surface area (Å²) >= 11 is 0. The normalized spacial score (nSPS) is 32.5. The molecule has 0 radical (unpaired) electrons. The van der Waals surface area contributed by atoms with Crippen molar-refractivity contribution < 1.29 is 0 Å². The summed E-state index contributed by atoms with van der Waals surface area (Å²) in [4.78, 5) is 2.81. The zero-order valence-corrected chi connectivity index (χ0v) is 13.5. The van der Waals surface area contributed by atoms with Gasteiger partial charge in [-0.1, -0.05) is 39.0 Å². The van der Waals surface area contributed by atoms with Crippen molar-refractivity contribution in [3.05, 3.63) is 0 Å². The number of rotatable bonds is 4. The van der Waals surface area contributed by atoms with Crippen molar-refractivity contribution in [2.24, 2.45) is 11.3 Å². The fourth-order valence-corrected chi connectivity index (χ4v) is 5.06. The highest BCUT2D eigenvalue weighted by Gasteiger charge is 2.36. The van der Waals surface area contributed by atoms with Gasteiger partial charge in [-0.15, -0.1) is 0 Å². The van der Waals surface area contributed by atoms with Gasteiger partial charge in [-0.3, -0.25) is 4.90 Å². The van der Waals surface area contributed by atoms with E-state index in [2.05, 4.69) is 17.1 Å². The van der Waals surface area contributed by atoms with E-state index in [1.165, 1.54) is 90.4 Å². The van der Waals surface area contributed by atoms with Gasteiger partial charge in [-0.25, -0.2) is 0 Å². The predicted molar refractivity (Wildman–Crippen MR) is 86.0 cm³/mol. The first-order valence-electron chi connectivity index (χ1n) is 9.27. The molecular weight excluding hydrogens is 244 g/mol. The highest BCUT2D eigenvalue weighted by molar-refractivity contribution is 4.91. The molecule has 1 heterocycles. The van der Waals surface area contributed by atoms with E-state index in [0.717, 1.165) is 12.0 Å². The van der Waals surface area contributed by atoms with Crippen LogP contribution in [-0.2, 0) is 0 Å². The van der Waals surface area contributed by atoms with Crippen molar-refractivity contribution in [3.8, 4) is 0 Å². The second-order valence-corrected chi connectivity index (χ2v) is 7.75. The van der Waals surface area contributed by atoms with Crippen molar-refractivity contribution in [1.29, 1.82) is 0 Å². The van der Waals surface area contributed by atoms with Crippen molar-refractivity contribution in [1.82, 2.24) is 10.2 Å². The van der Waals surface area contributed by atoms with Crippen molar-refractivity contribution in [2.45, 2.75) is 77.2 Å². The van der Waals surface area contributed by atoms with Crippen LogP contribution in [0, 0.1) is 11.3 Å². The van der Waals surface area contributed by atoms with E-state index < -0.39 is 0 Å².